The molecule has 0 spiro atoms. The Kier molecular flexibility index (Phi) is 4.52. The highest BCUT2D eigenvalue weighted by atomic mass is 16.1. The van der Waals surface area contributed by atoms with Crippen LogP contribution in [0.2, 0.25) is 0 Å². The molecule has 3 aromatic rings. The van der Waals surface area contributed by atoms with Crippen molar-refractivity contribution < 1.29 is 4.79 Å². The zero-order valence-electron chi connectivity index (χ0n) is 16.4. The van der Waals surface area contributed by atoms with E-state index in [1.165, 1.54) is 5.56 Å². The number of hydrogen-bond donors (Lipinski definition) is 1. The fraction of sp³-hybridized carbons (Fsp3) is 0.160. The summed E-state index contributed by atoms with van der Waals surface area (Å²) in [6, 6.07) is 22.5. The largest absolute Gasteiger partial charge is 0.321 e. The molecule has 140 valence electrons. The van der Waals surface area contributed by atoms with Gasteiger partial charge in [0.05, 0.1) is 0 Å². The van der Waals surface area contributed by atoms with Crippen molar-refractivity contribution >= 4 is 17.7 Å². The molecule has 4 rings (SSSR count). The summed E-state index contributed by atoms with van der Waals surface area (Å²) in [5, 5.41) is 2.99. The molecule has 0 bridgehead atoms. The Morgan fingerprint density at radius 3 is 2.29 bits per heavy atom. The smallest absolute Gasteiger partial charge is 0.255 e. The number of amides is 1. The molecule has 1 N–H and O–H groups in total. The SMILES string of the molecule is CC(C)(C)c1ccc(C2=CC(=Cc3cccn3-c3ccccc3)C(=O)N2)cc1. The van der Waals surface area contributed by atoms with Gasteiger partial charge < -0.3 is 9.88 Å². The van der Waals surface area contributed by atoms with Crippen LogP contribution in [-0.4, -0.2) is 10.5 Å². The third-order valence-corrected chi connectivity index (χ3v) is 4.99. The summed E-state index contributed by atoms with van der Waals surface area (Å²) in [4.78, 5) is 12.5. The van der Waals surface area contributed by atoms with Crippen LogP contribution in [-0.2, 0) is 10.2 Å². The average molecular weight is 368 g/mol. The Morgan fingerprint density at radius 1 is 0.893 bits per heavy atom. The van der Waals surface area contributed by atoms with Crippen molar-refractivity contribution in [1.82, 2.24) is 9.88 Å². The lowest BCUT2D eigenvalue weighted by atomic mass is 9.86. The molecule has 2 heterocycles. The summed E-state index contributed by atoms with van der Waals surface area (Å²) < 4.78 is 2.07. The fourth-order valence-corrected chi connectivity index (χ4v) is 3.36. The second kappa shape index (κ2) is 7.01. The van der Waals surface area contributed by atoms with Gasteiger partial charge in [-0.2, -0.15) is 0 Å². The lowest BCUT2D eigenvalue weighted by molar-refractivity contribution is -0.115. The number of para-hydroxylation sites is 1. The molecule has 1 amide bonds. The van der Waals surface area contributed by atoms with Crippen LogP contribution in [0.1, 0.15) is 37.6 Å². The molecule has 2 aromatic carbocycles. The third kappa shape index (κ3) is 3.56. The number of nitrogens with zero attached hydrogens (tertiary/aromatic N) is 1. The van der Waals surface area contributed by atoms with Crippen molar-refractivity contribution in [3.05, 3.63) is 101 Å². The first-order valence-corrected chi connectivity index (χ1v) is 9.50. The molecule has 1 aliphatic rings. The zero-order chi connectivity index (χ0) is 19.7. The van der Waals surface area contributed by atoms with Gasteiger partial charge in [0.2, 0.25) is 0 Å². The van der Waals surface area contributed by atoms with Gasteiger partial charge in [-0.1, -0.05) is 63.2 Å². The first-order chi connectivity index (χ1) is 13.4. The lowest BCUT2D eigenvalue weighted by Crippen LogP contribution is -2.16. The third-order valence-electron chi connectivity index (χ3n) is 4.99. The summed E-state index contributed by atoms with van der Waals surface area (Å²) >= 11 is 0. The van der Waals surface area contributed by atoms with Crippen LogP contribution >= 0.6 is 0 Å². The fourth-order valence-electron chi connectivity index (χ4n) is 3.36. The molecule has 3 nitrogen and oxygen atoms in total. The van der Waals surface area contributed by atoms with Gasteiger partial charge in [0.25, 0.3) is 5.91 Å². The molecule has 28 heavy (non-hydrogen) atoms. The van der Waals surface area contributed by atoms with Crippen LogP contribution in [0.3, 0.4) is 0 Å². The minimum Gasteiger partial charge on any atom is -0.321 e. The van der Waals surface area contributed by atoms with Crippen LogP contribution in [0, 0.1) is 0 Å². The van der Waals surface area contributed by atoms with E-state index in [0.29, 0.717) is 5.57 Å². The summed E-state index contributed by atoms with van der Waals surface area (Å²) in [5.41, 5.74) is 5.94. The molecule has 1 aliphatic heterocycles. The van der Waals surface area contributed by atoms with Gasteiger partial charge in [-0.15, -0.1) is 0 Å². The highest BCUT2D eigenvalue weighted by Gasteiger charge is 2.20. The first kappa shape index (κ1) is 18.1. The predicted molar refractivity (Wildman–Crippen MR) is 115 cm³/mol. The molecule has 0 aliphatic carbocycles. The van der Waals surface area contributed by atoms with E-state index in [-0.39, 0.29) is 11.3 Å². The normalized spacial score (nSPS) is 15.6. The van der Waals surface area contributed by atoms with E-state index in [4.69, 9.17) is 0 Å². The van der Waals surface area contributed by atoms with Gasteiger partial charge >= 0.3 is 0 Å². The van der Waals surface area contributed by atoms with Crippen LogP contribution < -0.4 is 5.32 Å². The number of carbonyl (C=O) groups is 1. The van der Waals surface area contributed by atoms with Gasteiger partial charge in [-0.3, -0.25) is 4.79 Å². The highest BCUT2D eigenvalue weighted by Crippen LogP contribution is 2.27. The molecule has 0 radical (unpaired) electrons. The summed E-state index contributed by atoms with van der Waals surface area (Å²) in [6.07, 6.45) is 5.86. The van der Waals surface area contributed by atoms with Crippen molar-refractivity contribution in [3.63, 3.8) is 0 Å². The summed E-state index contributed by atoms with van der Waals surface area (Å²) in [6.45, 7) is 6.59. The van der Waals surface area contributed by atoms with Crippen molar-refractivity contribution in [2.24, 2.45) is 0 Å². The van der Waals surface area contributed by atoms with Crippen molar-refractivity contribution in [3.8, 4) is 5.69 Å². The predicted octanol–water partition coefficient (Wildman–Crippen LogP) is 5.33. The van der Waals surface area contributed by atoms with Crippen LogP contribution in [0.15, 0.2) is 84.6 Å². The number of aromatic nitrogens is 1. The minimum absolute atomic E-state index is 0.0734. The summed E-state index contributed by atoms with van der Waals surface area (Å²) in [7, 11) is 0. The topological polar surface area (TPSA) is 34.0 Å². The van der Waals surface area contributed by atoms with Crippen molar-refractivity contribution in [2.75, 3.05) is 0 Å². The molecular weight excluding hydrogens is 344 g/mol. The maximum Gasteiger partial charge on any atom is 0.255 e. The molecule has 3 heteroatoms. The van der Waals surface area contributed by atoms with E-state index in [0.717, 1.165) is 22.6 Å². The molecule has 0 saturated heterocycles. The molecule has 0 atom stereocenters. The number of carbonyl (C=O) groups excluding carboxylic acids is 1. The summed E-state index contributed by atoms with van der Waals surface area (Å²) in [5.74, 6) is -0.0734. The zero-order valence-corrected chi connectivity index (χ0v) is 16.4. The quantitative estimate of drug-likeness (QED) is 0.623. The Morgan fingerprint density at radius 2 is 1.61 bits per heavy atom. The van der Waals surface area contributed by atoms with Gasteiger partial charge in [-0.05, 0) is 53.0 Å². The number of nitrogens with one attached hydrogen (secondary N) is 1. The first-order valence-electron chi connectivity index (χ1n) is 9.50. The van der Waals surface area contributed by atoms with Crippen molar-refractivity contribution in [1.29, 1.82) is 0 Å². The van der Waals surface area contributed by atoms with Crippen LogP contribution in [0.25, 0.3) is 17.5 Å². The van der Waals surface area contributed by atoms with Gasteiger partial charge in [0.15, 0.2) is 0 Å². The standard InChI is InChI=1S/C25H24N2O/c1-25(2,3)20-13-11-18(12-14-20)23-17-19(24(28)26-23)16-22-10-7-15-27(22)21-8-5-4-6-9-21/h4-17H,1-3H3,(H,26,28). The highest BCUT2D eigenvalue weighted by molar-refractivity contribution is 6.10. The molecule has 1 aromatic heterocycles. The Hall–Kier alpha value is -3.33. The Labute approximate surface area is 166 Å². The monoisotopic (exact) mass is 368 g/mol. The minimum atomic E-state index is -0.0734. The molecular formula is C25H24N2O. The molecule has 0 unspecified atom stereocenters. The number of rotatable bonds is 3. The Bertz CT molecular complexity index is 1060. The van der Waals surface area contributed by atoms with Crippen LogP contribution in [0.4, 0.5) is 0 Å². The maximum absolute atomic E-state index is 12.5. The second-order valence-corrected chi connectivity index (χ2v) is 8.08. The molecule has 0 fully saturated rings. The lowest BCUT2D eigenvalue weighted by Gasteiger charge is -2.19. The average Bonchev–Trinajstić information content (AvgIpc) is 3.29. The van der Waals surface area contributed by atoms with E-state index in [1.54, 1.807) is 0 Å². The van der Waals surface area contributed by atoms with E-state index >= 15 is 0 Å². The van der Waals surface area contributed by atoms with E-state index in [2.05, 4.69) is 67.1 Å². The Balaban J connectivity index is 1.65. The van der Waals surface area contributed by atoms with E-state index in [1.807, 2.05) is 48.7 Å². The van der Waals surface area contributed by atoms with Gasteiger partial charge in [-0.25, -0.2) is 0 Å². The van der Waals surface area contributed by atoms with Crippen LogP contribution in [0.5, 0.6) is 0 Å². The van der Waals surface area contributed by atoms with Gasteiger partial charge in [0.1, 0.15) is 0 Å². The second-order valence-electron chi connectivity index (χ2n) is 8.08. The number of hydrogen-bond acceptors (Lipinski definition) is 1. The maximum atomic E-state index is 12.5. The van der Waals surface area contributed by atoms with Crippen molar-refractivity contribution in [2.45, 2.75) is 26.2 Å². The number of benzene rings is 2. The van der Waals surface area contributed by atoms with E-state index in [9.17, 15) is 4.79 Å². The molecule has 0 saturated carbocycles. The van der Waals surface area contributed by atoms with Gasteiger partial charge in [0, 0.05) is 28.8 Å². The van der Waals surface area contributed by atoms with E-state index < -0.39 is 0 Å².